The Kier molecular flexibility index (Phi) is 6.55. The van der Waals surface area contributed by atoms with Gasteiger partial charge in [0.15, 0.2) is 5.69 Å². The van der Waals surface area contributed by atoms with E-state index in [0.717, 1.165) is 27.8 Å². The third-order valence-corrected chi connectivity index (χ3v) is 6.21. The fourth-order valence-corrected chi connectivity index (χ4v) is 4.64. The zero-order valence-corrected chi connectivity index (χ0v) is 21.2. The van der Waals surface area contributed by atoms with Crippen LogP contribution in [0.2, 0.25) is 0 Å². The lowest BCUT2D eigenvalue weighted by Crippen LogP contribution is -2.27. The summed E-state index contributed by atoms with van der Waals surface area (Å²) in [6.45, 7) is 11.9. The molecule has 0 N–H and O–H groups in total. The van der Waals surface area contributed by atoms with Crippen LogP contribution in [0.5, 0.6) is 0 Å². The summed E-state index contributed by atoms with van der Waals surface area (Å²) < 4.78 is 40.6. The average Bonchev–Trinajstić information content (AvgIpc) is 3.35. The number of fused-ring (bicyclic) bond motifs is 1. The van der Waals surface area contributed by atoms with E-state index < -0.39 is 11.5 Å². The van der Waals surface area contributed by atoms with Crippen molar-refractivity contribution in [2.75, 3.05) is 0 Å². The number of ether oxygens (including phenoxy) is 1. The van der Waals surface area contributed by atoms with E-state index in [1.54, 1.807) is 4.68 Å². The Morgan fingerprint density at radius 2 is 1.91 bits per heavy atom. The molecule has 35 heavy (non-hydrogen) atoms. The zero-order valence-electron chi connectivity index (χ0n) is 21.2. The summed E-state index contributed by atoms with van der Waals surface area (Å²) in [6.07, 6.45) is 0.560. The zero-order chi connectivity index (χ0) is 25.5. The number of aromatic nitrogens is 4. The third kappa shape index (κ3) is 5.44. The Balaban J connectivity index is 1.57. The topological polar surface area (TPSA) is 83.0 Å². The second-order valence-electron chi connectivity index (χ2n) is 10.2. The van der Waals surface area contributed by atoms with E-state index in [1.807, 2.05) is 53.7 Å². The highest BCUT2D eigenvalue weighted by Gasteiger charge is 2.38. The van der Waals surface area contributed by atoms with Crippen LogP contribution in [0.1, 0.15) is 68.5 Å². The van der Waals surface area contributed by atoms with Crippen molar-refractivity contribution >= 4 is 5.97 Å². The minimum Gasteiger partial charge on any atom is -0.460 e. The maximum atomic E-state index is 14.0. The molecular weight excluding hydrogens is 454 g/mol. The summed E-state index contributed by atoms with van der Waals surface area (Å²) in [5, 5.41) is 8.66. The molecule has 0 spiro atoms. The average molecular weight is 487 g/mol. The quantitative estimate of drug-likeness (QED) is 0.420. The van der Waals surface area contributed by atoms with E-state index in [1.165, 1.54) is 0 Å². The molecule has 3 aromatic rings. The number of rotatable bonds is 6. The second kappa shape index (κ2) is 9.17. The van der Waals surface area contributed by atoms with E-state index in [9.17, 15) is 13.6 Å². The van der Waals surface area contributed by atoms with Crippen LogP contribution in [0.25, 0.3) is 23.0 Å². The highest BCUT2D eigenvalue weighted by atomic mass is 19.3. The minimum atomic E-state index is -2.72. The Morgan fingerprint density at radius 1 is 1.23 bits per heavy atom. The molecule has 0 amide bonds. The van der Waals surface area contributed by atoms with Crippen molar-refractivity contribution in [3.63, 3.8) is 0 Å². The Labute approximate surface area is 203 Å². The van der Waals surface area contributed by atoms with Gasteiger partial charge in [0.2, 0.25) is 5.82 Å². The van der Waals surface area contributed by atoms with E-state index in [-0.39, 0.29) is 31.1 Å². The second-order valence-corrected chi connectivity index (χ2v) is 10.2. The van der Waals surface area contributed by atoms with Gasteiger partial charge >= 0.3 is 5.97 Å². The molecule has 0 fully saturated rings. The number of halogens is 2. The van der Waals surface area contributed by atoms with Crippen molar-refractivity contribution in [1.29, 1.82) is 0 Å². The number of esters is 1. The number of nitrogens with zero attached hydrogens (tertiary/aromatic N) is 4. The first kappa shape index (κ1) is 25.0. The van der Waals surface area contributed by atoms with Crippen LogP contribution in [-0.4, -0.2) is 37.4 Å². The summed E-state index contributed by atoms with van der Waals surface area (Å²) in [7, 11) is 0. The van der Waals surface area contributed by atoms with Crippen molar-refractivity contribution in [2.24, 2.45) is 0 Å². The smallest absolute Gasteiger partial charge is 0.306 e. The van der Waals surface area contributed by atoms with Crippen molar-refractivity contribution in [3.05, 3.63) is 40.1 Å². The van der Waals surface area contributed by atoms with Crippen LogP contribution in [0.3, 0.4) is 0 Å². The minimum absolute atomic E-state index is 0.216. The molecule has 2 heterocycles. The summed E-state index contributed by atoms with van der Waals surface area (Å²) >= 11 is 0. The fraction of sp³-hybridized carbons (Fsp3) is 0.538. The molecule has 1 aromatic carbocycles. The first-order valence-electron chi connectivity index (χ1n) is 12.0. The highest BCUT2D eigenvalue weighted by Crippen LogP contribution is 2.38. The number of aryl methyl sites for hydroxylation is 3. The molecule has 4 rings (SSSR count). The number of hydrogen-bond acceptors (Lipinski definition) is 6. The maximum absolute atomic E-state index is 14.0. The SMILES string of the molecule is CCn1nc(-c2nc(-c3cc(C)c(CCC(=O)OC(C)(C)C)c(C)c3)no2)c2c1CC(F)(F)CC2. The fourth-order valence-electron chi connectivity index (χ4n) is 4.64. The van der Waals surface area contributed by atoms with E-state index in [2.05, 4.69) is 15.2 Å². The van der Waals surface area contributed by atoms with Gasteiger partial charge in [-0.3, -0.25) is 9.48 Å². The summed E-state index contributed by atoms with van der Waals surface area (Å²) in [4.78, 5) is 16.7. The van der Waals surface area contributed by atoms with Crippen molar-refractivity contribution in [2.45, 2.75) is 91.7 Å². The standard InChI is InChI=1S/C26H32F2N4O3/c1-7-32-20-14-26(27,28)11-10-19(20)22(30-32)24-29-23(31-35-24)17-12-15(2)18(16(3)13-17)8-9-21(33)34-25(4,5)6/h12-13H,7-11,14H2,1-6H3. The van der Waals surface area contributed by atoms with Crippen LogP contribution >= 0.6 is 0 Å². The van der Waals surface area contributed by atoms with Gasteiger partial charge in [0.05, 0.1) is 6.42 Å². The molecule has 188 valence electrons. The Hall–Kier alpha value is -3.10. The van der Waals surface area contributed by atoms with Crippen LogP contribution in [-0.2, 0) is 35.3 Å². The largest absolute Gasteiger partial charge is 0.460 e. The molecule has 9 heteroatoms. The van der Waals surface area contributed by atoms with Gasteiger partial charge in [-0.15, -0.1) is 0 Å². The number of carbonyl (C=O) groups is 1. The Morgan fingerprint density at radius 3 is 2.54 bits per heavy atom. The van der Waals surface area contributed by atoms with Gasteiger partial charge in [0, 0.05) is 36.2 Å². The highest BCUT2D eigenvalue weighted by molar-refractivity contribution is 5.70. The third-order valence-electron chi connectivity index (χ3n) is 6.21. The van der Waals surface area contributed by atoms with E-state index >= 15 is 0 Å². The van der Waals surface area contributed by atoms with Crippen molar-refractivity contribution in [3.8, 4) is 23.0 Å². The first-order valence-corrected chi connectivity index (χ1v) is 12.0. The van der Waals surface area contributed by atoms with Gasteiger partial charge < -0.3 is 9.26 Å². The van der Waals surface area contributed by atoms with E-state index in [4.69, 9.17) is 9.26 Å². The summed E-state index contributed by atoms with van der Waals surface area (Å²) in [5.74, 6) is -2.31. The van der Waals surface area contributed by atoms with Crippen LogP contribution in [0.4, 0.5) is 8.78 Å². The van der Waals surface area contributed by atoms with Gasteiger partial charge in [-0.2, -0.15) is 10.1 Å². The molecule has 0 radical (unpaired) electrons. The van der Waals surface area contributed by atoms with Gasteiger partial charge in [-0.1, -0.05) is 5.16 Å². The molecule has 7 nitrogen and oxygen atoms in total. The van der Waals surface area contributed by atoms with Crippen LogP contribution < -0.4 is 0 Å². The van der Waals surface area contributed by atoms with Crippen molar-refractivity contribution < 1.29 is 22.8 Å². The number of carbonyl (C=O) groups excluding carboxylic acids is 1. The van der Waals surface area contributed by atoms with Gasteiger partial charge in [0.1, 0.15) is 5.60 Å². The predicted molar refractivity (Wildman–Crippen MR) is 127 cm³/mol. The lowest BCUT2D eigenvalue weighted by atomic mass is 9.92. The molecule has 0 unspecified atom stereocenters. The lowest BCUT2D eigenvalue weighted by Gasteiger charge is -2.22. The first-order chi connectivity index (χ1) is 16.4. The summed E-state index contributed by atoms with van der Waals surface area (Å²) in [6, 6.07) is 3.93. The van der Waals surface area contributed by atoms with E-state index in [0.29, 0.717) is 36.6 Å². The van der Waals surface area contributed by atoms with Crippen LogP contribution in [0.15, 0.2) is 16.7 Å². The molecule has 0 aliphatic heterocycles. The molecule has 2 aromatic heterocycles. The number of hydrogen-bond donors (Lipinski definition) is 0. The van der Waals surface area contributed by atoms with Gasteiger partial charge in [-0.25, -0.2) is 8.78 Å². The molecule has 0 bridgehead atoms. The normalized spacial score (nSPS) is 15.2. The molecule has 0 saturated carbocycles. The number of benzene rings is 1. The lowest BCUT2D eigenvalue weighted by molar-refractivity contribution is -0.154. The maximum Gasteiger partial charge on any atom is 0.306 e. The van der Waals surface area contributed by atoms with Crippen molar-refractivity contribution in [1.82, 2.24) is 19.9 Å². The molecular formula is C26H32F2N4O3. The Bertz CT molecular complexity index is 1230. The number of alkyl halides is 2. The van der Waals surface area contributed by atoms with Gasteiger partial charge in [0.25, 0.3) is 11.8 Å². The van der Waals surface area contributed by atoms with Gasteiger partial charge in [-0.05, 0) is 83.2 Å². The molecule has 1 aliphatic carbocycles. The molecule has 0 saturated heterocycles. The predicted octanol–water partition coefficient (Wildman–Crippen LogP) is 5.64. The monoisotopic (exact) mass is 486 g/mol. The molecule has 0 atom stereocenters. The summed E-state index contributed by atoms with van der Waals surface area (Å²) in [5.41, 5.74) is 5.19. The molecule has 1 aliphatic rings. The van der Waals surface area contributed by atoms with Crippen LogP contribution in [0, 0.1) is 13.8 Å².